The predicted molar refractivity (Wildman–Crippen MR) is 72.3 cm³/mol. The summed E-state index contributed by atoms with van der Waals surface area (Å²) >= 11 is 0. The minimum Gasteiger partial charge on any atom is -0.306 e. The number of carbonyl (C=O) groups is 1. The molecule has 0 fully saturated rings. The summed E-state index contributed by atoms with van der Waals surface area (Å²) in [6.07, 6.45) is 1.28. The van der Waals surface area contributed by atoms with Crippen LogP contribution in [0.15, 0.2) is 18.2 Å². The number of rotatable bonds is 7. The third-order valence-corrected chi connectivity index (χ3v) is 3.29. The first-order valence-corrected chi connectivity index (χ1v) is 6.61. The van der Waals surface area contributed by atoms with Crippen LogP contribution in [0.2, 0.25) is 0 Å². The quantitative estimate of drug-likeness (QED) is 0.706. The van der Waals surface area contributed by atoms with Crippen LogP contribution >= 0.6 is 0 Å². The lowest BCUT2D eigenvalue weighted by Gasteiger charge is -2.19. The minimum atomic E-state index is -1.04. The van der Waals surface area contributed by atoms with Crippen molar-refractivity contribution in [3.63, 3.8) is 0 Å². The molecule has 0 aliphatic heterocycles. The van der Waals surface area contributed by atoms with Crippen LogP contribution in [-0.4, -0.2) is 30.8 Å². The van der Waals surface area contributed by atoms with Crippen molar-refractivity contribution in [2.24, 2.45) is 5.92 Å². The van der Waals surface area contributed by atoms with Gasteiger partial charge in [-0.15, -0.1) is 0 Å². The van der Waals surface area contributed by atoms with E-state index in [1.54, 1.807) is 0 Å². The molecule has 0 aliphatic carbocycles. The third kappa shape index (κ3) is 4.71. The number of ketones is 1. The molecule has 1 unspecified atom stereocenters. The number of Topliss-reactive ketones (excluding diaryl/α,β-unsaturated/α-hetero) is 1. The number of hydrogen-bond acceptors (Lipinski definition) is 2. The molecule has 4 heteroatoms. The molecule has 0 saturated heterocycles. The van der Waals surface area contributed by atoms with E-state index in [1.807, 2.05) is 11.9 Å². The highest BCUT2D eigenvalue weighted by Gasteiger charge is 2.15. The first-order chi connectivity index (χ1) is 8.95. The summed E-state index contributed by atoms with van der Waals surface area (Å²) in [5, 5.41) is 0. The van der Waals surface area contributed by atoms with Crippen LogP contribution in [0, 0.1) is 17.6 Å². The molecule has 0 N–H and O–H groups in total. The smallest absolute Gasteiger partial charge is 0.169 e. The van der Waals surface area contributed by atoms with Gasteiger partial charge in [-0.1, -0.05) is 26.3 Å². The average molecular weight is 269 g/mol. The second kappa shape index (κ2) is 7.34. The fourth-order valence-corrected chi connectivity index (χ4v) is 1.90. The lowest BCUT2D eigenvalue weighted by Crippen LogP contribution is -2.27. The zero-order valence-electron chi connectivity index (χ0n) is 11.7. The molecule has 2 nitrogen and oxygen atoms in total. The number of carbonyl (C=O) groups excluding carboxylic acids is 1. The highest BCUT2D eigenvalue weighted by Crippen LogP contribution is 2.13. The van der Waals surface area contributed by atoms with Gasteiger partial charge in [0, 0.05) is 19.5 Å². The molecular formula is C15H21F2NO. The van der Waals surface area contributed by atoms with Gasteiger partial charge in [0.05, 0.1) is 5.56 Å². The van der Waals surface area contributed by atoms with Crippen molar-refractivity contribution in [1.82, 2.24) is 4.90 Å². The van der Waals surface area contributed by atoms with Gasteiger partial charge in [-0.2, -0.15) is 0 Å². The van der Waals surface area contributed by atoms with E-state index in [9.17, 15) is 13.6 Å². The molecule has 0 spiro atoms. The summed E-state index contributed by atoms with van der Waals surface area (Å²) in [6.45, 7) is 5.71. The highest BCUT2D eigenvalue weighted by atomic mass is 19.2. The molecule has 1 aromatic rings. The van der Waals surface area contributed by atoms with Crippen LogP contribution in [-0.2, 0) is 0 Å². The normalized spacial score (nSPS) is 12.7. The molecule has 0 saturated carbocycles. The van der Waals surface area contributed by atoms with E-state index >= 15 is 0 Å². The molecule has 106 valence electrons. The second-order valence-electron chi connectivity index (χ2n) is 5.05. The molecule has 1 atom stereocenters. The third-order valence-electron chi connectivity index (χ3n) is 3.29. The fourth-order valence-electron chi connectivity index (χ4n) is 1.90. The SMILES string of the molecule is CCC(C)CN(C)CCC(=O)c1cccc(F)c1F. The molecule has 0 heterocycles. The monoisotopic (exact) mass is 269 g/mol. The van der Waals surface area contributed by atoms with Crippen molar-refractivity contribution in [1.29, 1.82) is 0 Å². The highest BCUT2D eigenvalue weighted by molar-refractivity contribution is 5.96. The molecule has 19 heavy (non-hydrogen) atoms. The van der Waals surface area contributed by atoms with Crippen molar-refractivity contribution in [3.8, 4) is 0 Å². The molecule has 0 bridgehead atoms. The van der Waals surface area contributed by atoms with Crippen LogP contribution in [0.5, 0.6) is 0 Å². The van der Waals surface area contributed by atoms with Gasteiger partial charge in [0.2, 0.25) is 0 Å². The fraction of sp³-hybridized carbons (Fsp3) is 0.533. The van der Waals surface area contributed by atoms with Crippen LogP contribution in [0.25, 0.3) is 0 Å². The Labute approximate surface area is 113 Å². The van der Waals surface area contributed by atoms with Crippen LogP contribution in [0.3, 0.4) is 0 Å². The molecule has 0 radical (unpaired) electrons. The first-order valence-electron chi connectivity index (χ1n) is 6.61. The van der Waals surface area contributed by atoms with Crippen LogP contribution in [0.1, 0.15) is 37.0 Å². The van der Waals surface area contributed by atoms with Crippen molar-refractivity contribution >= 4 is 5.78 Å². The summed E-state index contributed by atoms with van der Waals surface area (Å²) in [4.78, 5) is 13.9. The van der Waals surface area contributed by atoms with Crippen LogP contribution < -0.4 is 0 Å². The number of benzene rings is 1. The Morgan fingerprint density at radius 2 is 2.05 bits per heavy atom. The standard InChI is InChI=1S/C15H21F2NO/c1-4-11(2)10-18(3)9-8-14(19)12-6-5-7-13(16)15(12)17/h5-7,11H,4,8-10H2,1-3H3. The Morgan fingerprint density at radius 3 is 2.68 bits per heavy atom. The Balaban J connectivity index is 2.54. The second-order valence-corrected chi connectivity index (χ2v) is 5.05. The van der Waals surface area contributed by atoms with Gasteiger partial charge in [-0.05, 0) is 25.1 Å². The molecule has 0 aliphatic rings. The van der Waals surface area contributed by atoms with Gasteiger partial charge < -0.3 is 4.90 Å². The molecule has 0 amide bonds. The summed E-state index contributed by atoms with van der Waals surface area (Å²) in [6, 6.07) is 3.70. The summed E-state index contributed by atoms with van der Waals surface area (Å²) < 4.78 is 26.5. The molecule has 1 rings (SSSR count). The van der Waals surface area contributed by atoms with E-state index in [4.69, 9.17) is 0 Å². The molecule has 0 aromatic heterocycles. The summed E-state index contributed by atoms with van der Waals surface area (Å²) in [7, 11) is 1.93. The van der Waals surface area contributed by atoms with E-state index < -0.39 is 11.6 Å². The minimum absolute atomic E-state index is 0.156. The average Bonchev–Trinajstić information content (AvgIpc) is 2.39. The van der Waals surface area contributed by atoms with E-state index in [-0.39, 0.29) is 17.8 Å². The topological polar surface area (TPSA) is 20.3 Å². The van der Waals surface area contributed by atoms with Gasteiger partial charge >= 0.3 is 0 Å². The van der Waals surface area contributed by atoms with Gasteiger partial charge in [0.1, 0.15) is 0 Å². The van der Waals surface area contributed by atoms with E-state index in [1.165, 1.54) is 12.1 Å². The van der Waals surface area contributed by atoms with Crippen LogP contribution in [0.4, 0.5) is 8.78 Å². The van der Waals surface area contributed by atoms with Crippen molar-refractivity contribution < 1.29 is 13.6 Å². The Hall–Kier alpha value is -1.29. The predicted octanol–water partition coefficient (Wildman–Crippen LogP) is 3.52. The van der Waals surface area contributed by atoms with Crippen molar-refractivity contribution in [2.75, 3.05) is 20.1 Å². The zero-order valence-corrected chi connectivity index (χ0v) is 11.7. The Morgan fingerprint density at radius 1 is 1.37 bits per heavy atom. The van der Waals surface area contributed by atoms with E-state index in [0.717, 1.165) is 19.0 Å². The number of hydrogen-bond donors (Lipinski definition) is 0. The molecule has 1 aromatic carbocycles. The Kier molecular flexibility index (Phi) is 6.09. The maximum atomic E-state index is 13.4. The lowest BCUT2D eigenvalue weighted by atomic mass is 10.1. The summed E-state index contributed by atoms with van der Waals surface area (Å²) in [5.74, 6) is -1.81. The van der Waals surface area contributed by atoms with E-state index in [0.29, 0.717) is 12.5 Å². The van der Waals surface area contributed by atoms with E-state index in [2.05, 4.69) is 13.8 Å². The Bertz CT molecular complexity index is 434. The largest absolute Gasteiger partial charge is 0.306 e. The first kappa shape index (κ1) is 15.8. The van der Waals surface area contributed by atoms with Gasteiger partial charge in [0.15, 0.2) is 17.4 Å². The van der Waals surface area contributed by atoms with Gasteiger partial charge in [-0.25, -0.2) is 8.78 Å². The lowest BCUT2D eigenvalue weighted by molar-refractivity contribution is 0.0961. The summed E-state index contributed by atoms with van der Waals surface area (Å²) in [5.41, 5.74) is -0.156. The van der Waals surface area contributed by atoms with Gasteiger partial charge in [-0.3, -0.25) is 4.79 Å². The number of nitrogens with zero attached hydrogens (tertiary/aromatic N) is 1. The maximum absolute atomic E-state index is 13.4. The zero-order chi connectivity index (χ0) is 14.4. The van der Waals surface area contributed by atoms with Crippen molar-refractivity contribution in [2.45, 2.75) is 26.7 Å². The maximum Gasteiger partial charge on any atom is 0.169 e. The van der Waals surface area contributed by atoms with Gasteiger partial charge in [0.25, 0.3) is 0 Å². The van der Waals surface area contributed by atoms with Crippen molar-refractivity contribution in [3.05, 3.63) is 35.4 Å². The molecular weight excluding hydrogens is 248 g/mol. The number of halogens is 2.